The Morgan fingerprint density at radius 3 is 1.36 bits per heavy atom. The normalized spacial score (nSPS) is 14.3. The molecular weight excluding hydrogens is 285 g/mol. The van der Waals surface area contributed by atoms with Crippen LogP contribution < -0.4 is 0 Å². The summed E-state index contributed by atoms with van der Waals surface area (Å²) in [6, 6.07) is 0. The van der Waals surface area contributed by atoms with Crippen molar-refractivity contribution in [1.82, 2.24) is 0 Å². The Balaban J connectivity index is 5.12. The first-order valence-electron chi connectivity index (χ1n) is 9.41. The fourth-order valence-corrected chi connectivity index (χ4v) is 3.86. The largest absolute Gasteiger partial charge is 0.389 e. The van der Waals surface area contributed by atoms with E-state index in [0.717, 1.165) is 64.2 Å². The van der Waals surface area contributed by atoms with Gasteiger partial charge in [-0.05, 0) is 37.0 Å². The first-order valence-corrected chi connectivity index (χ1v) is 9.41. The molecule has 0 nitrogen and oxygen atoms in total. The van der Waals surface area contributed by atoms with Crippen LogP contribution in [0.5, 0.6) is 0 Å². The second kappa shape index (κ2) is 11.3. The van der Waals surface area contributed by atoms with Gasteiger partial charge in [0, 0.05) is 6.42 Å². The molecule has 1 unspecified atom stereocenters. The summed E-state index contributed by atoms with van der Waals surface area (Å²) in [6.45, 7) is 8.63. The Labute approximate surface area is 136 Å². The van der Waals surface area contributed by atoms with E-state index in [1.54, 1.807) is 0 Å². The summed E-state index contributed by atoms with van der Waals surface area (Å²) < 4.78 is 38.1. The van der Waals surface area contributed by atoms with Crippen molar-refractivity contribution in [3.63, 3.8) is 0 Å². The summed E-state index contributed by atoms with van der Waals surface area (Å²) in [4.78, 5) is 0. The van der Waals surface area contributed by atoms with E-state index in [1.165, 1.54) is 0 Å². The molecule has 0 saturated heterocycles. The molecule has 0 spiro atoms. The Bertz CT molecular complexity index is 236. The molecule has 0 aromatic heterocycles. The fraction of sp³-hybridized carbons (Fsp3) is 1.00. The van der Waals surface area contributed by atoms with Gasteiger partial charge in [0.15, 0.2) is 0 Å². The van der Waals surface area contributed by atoms with Crippen molar-refractivity contribution in [1.29, 1.82) is 0 Å². The first-order chi connectivity index (χ1) is 10.3. The van der Waals surface area contributed by atoms with Gasteiger partial charge in [-0.2, -0.15) is 13.2 Å². The predicted octanol–water partition coefficient (Wildman–Crippen LogP) is 7.91. The maximum absolute atomic E-state index is 12.7. The van der Waals surface area contributed by atoms with Crippen LogP contribution in [0.1, 0.15) is 105 Å². The molecule has 1 atom stereocenters. The van der Waals surface area contributed by atoms with E-state index in [1.807, 2.05) is 0 Å². The Hall–Kier alpha value is -0.210. The molecule has 22 heavy (non-hydrogen) atoms. The van der Waals surface area contributed by atoms with E-state index in [0.29, 0.717) is 6.42 Å². The molecule has 0 amide bonds. The molecule has 0 aromatic carbocycles. The lowest BCUT2D eigenvalue weighted by Crippen LogP contribution is -2.32. The molecule has 0 aromatic rings. The average molecular weight is 322 g/mol. The minimum atomic E-state index is -4.01. The zero-order valence-corrected chi connectivity index (χ0v) is 15.2. The Kier molecular flexibility index (Phi) is 11.2. The van der Waals surface area contributed by atoms with Gasteiger partial charge in [-0.15, -0.1) is 0 Å². The van der Waals surface area contributed by atoms with Crippen LogP contribution in [0.15, 0.2) is 0 Å². The van der Waals surface area contributed by atoms with Gasteiger partial charge in [0.05, 0.1) is 0 Å². The highest BCUT2D eigenvalue weighted by atomic mass is 19.4. The Morgan fingerprint density at radius 1 is 0.682 bits per heavy atom. The lowest BCUT2D eigenvalue weighted by Gasteiger charge is -2.42. The summed E-state index contributed by atoms with van der Waals surface area (Å²) in [5.41, 5.74) is 0.141. The number of alkyl halides is 3. The van der Waals surface area contributed by atoms with Gasteiger partial charge in [-0.1, -0.05) is 72.6 Å². The fourth-order valence-electron chi connectivity index (χ4n) is 3.86. The lowest BCUT2D eigenvalue weighted by molar-refractivity contribution is -0.140. The molecule has 0 N–H and O–H groups in total. The van der Waals surface area contributed by atoms with Gasteiger partial charge >= 0.3 is 6.18 Å². The minimum Gasteiger partial charge on any atom is -0.171 e. The highest BCUT2D eigenvalue weighted by Crippen LogP contribution is 2.47. The third kappa shape index (κ3) is 8.43. The molecule has 3 heteroatoms. The lowest BCUT2D eigenvalue weighted by atomic mass is 9.63. The van der Waals surface area contributed by atoms with Gasteiger partial charge in [0.25, 0.3) is 0 Å². The molecule has 0 aliphatic rings. The van der Waals surface area contributed by atoms with Crippen molar-refractivity contribution < 1.29 is 13.2 Å². The molecule has 0 aliphatic carbocycles. The van der Waals surface area contributed by atoms with Gasteiger partial charge in [-0.3, -0.25) is 0 Å². The zero-order valence-electron chi connectivity index (χ0n) is 15.2. The monoisotopic (exact) mass is 322 g/mol. The second-order valence-electron chi connectivity index (χ2n) is 6.93. The highest BCUT2D eigenvalue weighted by molar-refractivity contribution is 4.86. The second-order valence-corrected chi connectivity index (χ2v) is 6.93. The molecule has 0 saturated carbocycles. The molecule has 0 bridgehead atoms. The number of hydrogen-bond acceptors (Lipinski definition) is 0. The van der Waals surface area contributed by atoms with Crippen LogP contribution in [0, 0.1) is 11.3 Å². The van der Waals surface area contributed by atoms with Crippen LogP contribution in [-0.4, -0.2) is 6.18 Å². The summed E-state index contributed by atoms with van der Waals surface area (Å²) in [5, 5.41) is 0. The third-order valence-corrected chi connectivity index (χ3v) is 5.22. The molecule has 0 fully saturated rings. The maximum Gasteiger partial charge on any atom is 0.389 e. The van der Waals surface area contributed by atoms with E-state index in [2.05, 4.69) is 27.7 Å². The SMILES string of the molecule is CCCCC(CCCC)(CCCC)C(CC)CCC(F)(F)F. The van der Waals surface area contributed by atoms with Crippen LogP contribution in [0.2, 0.25) is 0 Å². The van der Waals surface area contributed by atoms with E-state index < -0.39 is 12.6 Å². The van der Waals surface area contributed by atoms with E-state index in [-0.39, 0.29) is 11.3 Å². The summed E-state index contributed by atoms with van der Waals surface area (Å²) >= 11 is 0. The first kappa shape index (κ1) is 21.8. The molecule has 0 rings (SSSR count). The van der Waals surface area contributed by atoms with E-state index in [4.69, 9.17) is 0 Å². The summed E-state index contributed by atoms with van der Waals surface area (Å²) in [6.07, 6.45) is 6.75. The quantitative estimate of drug-likeness (QED) is 0.323. The molecule has 0 heterocycles. The zero-order chi connectivity index (χ0) is 17.1. The van der Waals surface area contributed by atoms with Crippen LogP contribution in [0.3, 0.4) is 0 Å². The van der Waals surface area contributed by atoms with Crippen molar-refractivity contribution in [2.24, 2.45) is 11.3 Å². The molecule has 0 aliphatic heterocycles. The van der Waals surface area contributed by atoms with E-state index >= 15 is 0 Å². The number of unbranched alkanes of at least 4 members (excludes halogenated alkanes) is 3. The van der Waals surface area contributed by atoms with Gasteiger partial charge in [0.1, 0.15) is 0 Å². The minimum absolute atomic E-state index is 0.141. The van der Waals surface area contributed by atoms with Crippen molar-refractivity contribution >= 4 is 0 Å². The third-order valence-electron chi connectivity index (χ3n) is 5.22. The highest BCUT2D eigenvalue weighted by Gasteiger charge is 2.38. The standard InChI is InChI=1S/C19H37F3/c1-5-9-13-18(14-10-6-2,15-11-7-3)17(8-4)12-16-19(20,21)22/h17H,5-16H2,1-4H3. The molecular formula is C19H37F3. The number of halogens is 3. The van der Waals surface area contributed by atoms with Crippen molar-refractivity contribution in [2.45, 2.75) is 111 Å². The van der Waals surface area contributed by atoms with Crippen LogP contribution >= 0.6 is 0 Å². The average Bonchev–Trinajstić information content (AvgIpc) is 2.47. The molecule has 0 radical (unpaired) electrons. The maximum atomic E-state index is 12.7. The predicted molar refractivity (Wildman–Crippen MR) is 90.1 cm³/mol. The van der Waals surface area contributed by atoms with Crippen molar-refractivity contribution in [3.8, 4) is 0 Å². The topological polar surface area (TPSA) is 0 Å². The van der Waals surface area contributed by atoms with Crippen molar-refractivity contribution in [3.05, 3.63) is 0 Å². The van der Waals surface area contributed by atoms with Crippen LogP contribution in [-0.2, 0) is 0 Å². The van der Waals surface area contributed by atoms with Crippen LogP contribution in [0.25, 0.3) is 0 Å². The van der Waals surface area contributed by atoms with Crippen molar-refractivity contribution in [2.75, 3.05) is 0 Å². The van der Waals surface area contributed by atoms with Crippen LogP contribution in [0.4, 0.5) is 13.2 Å². The number of rotatable bonds is 13. The summed E-state index contributed by atoms with van der Waals surface area (Å²) in [7, 11) is 0. The molecule has 134 valence electrons. The van der Waals surface area contributed by atoms with Gasteiger partial charge in [0.2, 0.25) is 0 Å². The smallest absolute Gasteiger partial charge is 0.171 e. The van der Waals surface area contributed by atoms with Gasteiger partial charge < -0.3 is 0 Å². The van der Waals surface area contributed by atoms with Gasteiger partial charge in [-0.25, -0.2) is 0 Å². The Morgan fingerprint density at radius 2 is 1.09 bits per heavy atom. The number of hydrogen-bond donors (Lipinski definition) is 0. The summed E-state index contributed by atoms with van der Waals surface area (Å²) in [5.74, 6) is 0.221. The van der Waals surface area contributed by atoms with E-state index in [9.17, 15) is 13.2 Å².